The highest BCUT2D eigenvalue weighted by Gasteiger charge is 2.20. The van der Waals surface area contributed by atoms with E-state index in [9.17, 15) is 0 Å². The minimum Gasteiger partial charge on any atom is -0.248 e. The van der Waals surface area contributed by atoms with Crippen LogP contribution in [-0.2, 0) is 7.05 Å². The third-order valence-corrected chi connectivity index (χ3v) is 4.62. The van der Waals surface area contributed by atoms with Crippen molar-refractivity contribution >= 4 is 28.2 Å². The number of hydrogen-bond acceptors (Lipinski definition) is 4. The second-order valence-electron chi connectivity index (χ2n) is 5.93. The average Bonchev–Trinajstić information content (AvgIpc) is 2.85. The lowest BCUT2D eigenvalue weighted by atomic mass is 10.1. The van der Waals surface area contributed by atoms with Crippen LogP contribution in [-0.4, -0.2) is 20.0 Å². The molecule has 0 unspecified atom stereocenters. The summed E-state index contributed by atoms with van der Waals surface area (Å²) in [5, 5.41) is 23.6. The van der Waals surface area contributed by atoms with Gasteiger partial charge in [-0.2, -0.15) is 10.4 Å². The highest BCUT2D eigenvalue weighted by Crippen LogP contribution is 2.36. The number of rotatable bonds is 2. The zero-order valence-corrected chi connectivity index (χ0v) is 14.8. The maximum atomic E-state index is 9.11. The molecule has 4 rings (SSSR count). The molecule has 2 aromatic heterocycles. The molecule has 0 saturated carbocycles. The Bertz CT molecular complexity index is 1130. The van der Waals surface area contributed by atoms with Crippen LogP contribution in [0, 0.1) is 11.3 Å². The minimum absolute atomic E-state index is 0.521. The van der Waals surface area contributed by atoms with Gasteiger partial charge in [-0.3, -0.25) is 0 Å². The van der Waals surface area contributed by atoms with Crippen LogP contribution in [0.3, 0.4) is 0 Å². The molecular weight excluding hydrogens is 346 g/mol. The Morgan fingerprint density at radius 2 is 1.92 bits per heavy atom. The summed E-state index contributed by atoms with van der Waals surface area (Å²) in [5.41, 5.74) is 4.46. The van der Waals surface area contributed by atoms with Crippen LogP contribution in [0.4, 0.5) is 0 Å². The average molecular weight is 360 g/mol. The van der Waals surface area contributed by atoms with Crippen molar-refractivity contribution in [2.75, 3.05) is 0 Å². The van der Waals surface area contributed by atoms with Crippen LogP contribution in [0.2, 0.25) is 5.02 Å². The molecule has 0 atom stereocenters. The summed E-state index contributed by atoms with van der Waals surface area (Å²) >= 11 is 6.74. The van der Waals surface area contributed by atoms with Gasteiger partial charge in [0.05, 0.1) is 16.5 Å². The Balaban J connectivity index is 1.96. The van der Waals surface area contributed by atoms with E-state index >= 15 is 0 Å². The molecule has 1 aliphatic carbocycles. The molecule has 0 aliphatic heterocycles. The van der Waals surface area contributed by atoms with Crippen LogP contribution in [0.5, 0.6) is 0 Å². The predicted octanol–water partition coefficient (Wildman–Crippen LogP) is 4.48. The van der Waals surface area contributed by atoms with E-state index in [1.165, 1.54) is 0 Å². The number of benzene rings is 1. The van der Waals surface area contributed by atoms with Crippen molar-refractivity contribution in [3.05, 3.63) is 70.9 Å². The molecule has 26 heavy (non-hydrogen) atoms. The number of allylic oxidation sites excluding steroid dienone is 6. The van der Waals surface area contributed by atoms with Crippen molar-refractivity contribution in [3.8, 4) is 17.3 Å². The van der Waals surface area contributed by atoms with Gasteiger partial charge in [0.15, 0.2) is 5.65 Å². The lowest BCUT2D eigenvalue weighted by Crippen LogP contribution is -1.95. The largest absolute Gasteiger partial charge is 0.248 e. The van der Waals surface area contributed by atoms with E-state index in [0.29, 0.717) is 28.4 Å². The Morgan fingerprint density at radius 3 is 2.69 bits per heavy atom. The first-order valence-corrected chi connectivity index (χ1v) is 8.49. The van der Waals surface area contributed by atoms with Crippen molar-refractivity contribution in [3.63, 3.8) is 0 Å². The summed E-state index contributed by atoms with van der Waals surface area (Å²) in [6.45, 7) is 0. The van der Waals surface area contributed by atoms with Crippen molar-refractivity contribution in [1.82, 2.24) is 20.0 Å². The minimum atomic E-state index is 0.521. The van der Waals surface area contributed by atoms with Crippen LogP contribution in [0.15, 0.2) is 60.2 Å². The van der Waals surface area contributed by atoms with Gasteiger partial charge in [-0.15, -0.1) is 10.2 Å². The van der Waals surface area contributed by atoms with Gasteiger partial charge in [-0.25, -0.2) is 4.68 Å². The van der Waals surface area contributed by atoms with Gasteiger partial charge in [0.1, 0.15) is 11.4 Å². The molecule has 126 valence electrons. The molecule has 0 radical (unpaired) electrons. The van der Waals surface area contributed by atoms with Gasteiger partial charge >= 0.3 is 0 Å². The van der Waals surface area contributed by atoms with Gasteiger partial charge in [0, 0.05) is 30.2 Å². The second kappa shape index (κ2) is 6.58. The summed E-state index contributed by atoms with van der Waals surface area (Å²) in [4.78, 5) is 0. The highest BCUT2D eigenvalue weighted by atomic mass is 35.5. The van der Waals surface area contributed by atoms with Gasteiger partial charge < -0.3 is 0 Å². The molecule has 2 heterocycles. The lowest BCUT2D eigenvalue weighted by molar-refractivity contribution is 0.774. The molecular formula is C20H14ClN5. The van der Waals surface area contributed by atoms with Crippen LogP contribution >= 0.6 is 11.6 Å². The quantitative estimate of drug-likeness (QED) is 0.676. The van der Waals surface area contributed by atoms with Crippen molar-refractivity contribution in [2.24, 2.45) is 7.05 Å². The van der Waals surface area contributed by atoms with Crippen molar-refractivity contribution < 1.29 is 0 Å². The van der Waals surface area contributed by atoms with Crippen molar-refractivity contribution in [1.29, 1.82) is 5.26 Å². The zero-order chi connectivity index (χ0) is 18.1. The number of halogens is 1. The lowest BCUT2D eigenvalue weighted by Gasteiger charge is -2.05. The molecule has 0 saturated heterocycles. The van der Waals surface area contributed by atoms with Gasteiger partial charge in [0.25, 0.3) is 0 Å². The van der Waals surface area contributed by atoms with E-state index in [2.05, 4.69) is 21.4 Å². The Labute approximate surface area is 155 Å². The number of hydrogen-bond donors (Lipinski definition) is 0. The monoisotopic (exact) mass is 359 g/mol. The highest BCUT2D eigenvalue weighted by molar-refractivity contribution is 6.38. The smallest absolute Gasteiger partial charge is 0.182 e. The maximum absolute atomic E-state index is 9.11. The summed E-state index contributed by atoms with van der Waals surface area (Å²) < 4.78 is 1.67. The van der Waals surface area contributed by atoms with E-state index in [1.807, 2.05) is 61.7 Å². The molecule has 6 heteroatoms. The van der Waals surface area contributed by atoms with E-state index in [0.717, 1.165) is 22.2 Å². The van der Waals surface area contributed by atoms with Crippen LogP contribution in [0.25, 0.3) is 27.9 Å². The fourth-order valence-electron chi connectivity index (χ4n) is 2.94. The van der Waals surface area contributed by atoms with Crippen LogP contribution in [0.1, 0.15) is 12.1 Å². The van der Waals surface area contributed by atoms with E-state index < -0.39 is 0 Å². The topological polar surface area (TPSA) is 67.4 Å². The maximum Gasteiger partial charge on any atom is 0.182 e. The molecule has 0 spiro atoms. The predicted molar refractivity (Wildman–Crippen MR) is 102 cm³/mol. The van der Waals surface area contributed by atoms with Gasteiger partial charge in [-0.05, 0) is 6.08 Å². The van der Waals surface area contributed by atoms with Gasteiger partial charge in [-0.1, -0.05) is 60.2 Å². The fourth-order valence-corrected chi connectivity index (χ4v) is 3.26. The third-order valence-electron chi connectivity index (χ3n) is 4.25. The first-order chi connectivity index (χ1) is 12.7. The molecule has 1 aliphatic rings. The summed E-state index contributed by atoms with van der Waals surface area (Å²) in [6, 6.07) is 11.9. The first kappa shape index (κ1) is 16.2. The van der Waals surface area contributed by atoms with Gasteiger partial charge in [0.2, 0.25) is 0 Å². The fraction of sp³-hybridized carbons (Fsp3) is 0.100. The van der Waals surface area contributed by atoms with Crippen molar-refractivity contribution in [2.45, 2.75) is 6.42 Å². The molecule has 0 fully saturated rings. The molecule has 0 bridgehead atoms. The standard InChI is InChI=1S/C20H14ClN5/c1-26-20-16(17(21)19(23-24-20)14-7-3-2-4-8-14)18(25-26)15-9-5-6-13(12-22)10-11-15/h2-5,7-11H,6H2,1H3. The number of fused-ring (bicyclic) bond motifs is 1. The summed E-state index contributed by atoms with van der Waals surface area (Å²) in [6.07, 6.45) is 8.22. The number of aromatic nitrogens is 4. The summed E-state index contributed by atoms with van der Waals surface area (Å²) in [7, 11) is 1.82. The second-order valence-corrected chi connectivity index (χ2v) is 6.31. The molecule has 5 nitrogen and oxygen atoms in total. The van der Waals surface area contributed by atoms with E-state index in [-0.39, 0.29) is 0 Å². The Kier molecular flexibility index (Phi) is 4.11. The number of nitrogens with zero attached hydrogens (tertiary/aromatic N) is 5. The Morgan fingerprint density at radius 1 is 1.12 bits per heavy atom. The van der Waals surface area contributed by atoms with Crippen LogP contribution < -0.4 is 0 Å². The van der Waals surface area contributed by atoms with E-state index in [4.69, 9.17) is 16.9 Å². The molecule has 3 aromatic rings. The third kappa shape index (κ3) is 2.71. The summed E-state index contributed by atoms with van der Waals surface area (Å²) in [5.74, 6) is 0. The first-order valence-electron chi connectivity index (χ1n) is 8.11. The van der Waals surface area contributed by atoms with E-state index in [1.54, 1.807) is 4.68 Å². The molecule has 0 amide bonds. The molecule has 0 N–H and O–H groups in total. The normalized spacial score (nSPS) is 13.9. The molecule has 1 aromatic carbocycles. The zero-order valence-electron chi connectivity index (χ0n) is 14.0. The SMILES string of the molecule is Cn1nc(C2=CC=C(C#N)CC=C2)c2c(Cl)c(-c3ccccc3)nnc21. The number of nitriles is 1. The Hall–Kier alpha value is -3.23. The number of aryl methyl sites for hydroxylation is 1.